The Morgan fingerprint density at radius 1 is 1.36 bits per heavy atom. The maximum absolute atomic E-state index is 12.2. The Balaban J connectivity index is 1.85. The summed E-state index contributed by atoms with van der Waals surface area (Å²) in [6.07, 6.45) is 3.87. The van der Waals surface area contributed by atoms with Gasteiger partial charge in [0.05, 0.1) is 5.02 Å². The van der Waals surface area contributed by atoms with E-state index in [4.69, 9.17) is 11.6 Å². The van der Waals surface area contributed by atoms with E-state index in [0.717, 1.165) is 38.3 Å². The molecule has 0 spiro atoms. The van der Waals surface area contributed by atoms with Gasteiger partial charge < -0.3 is 9.80 Å². The van der Waals surface area contributed by atoms with Crippen molar-refractivity contribution < 1.29 is 4.79 Å². The Morgan fingerprint density at radius 3 is 2.50 bits per heavy atom. The molecule has 0 bridgehead atoms. The molecule has 1 aromatic rings. The predicted octanol–water partition coefficient (Wildman–Crippen LogP) is 3.46. The van der Waals surface area contributed by atoms with Crippen LogP contribution in [0.1, 0.15) is 33.6 Å². The lowest BCUT2D eigenvalue weighted by Crippen LogP contribution is -2.42. The first-order chi connectivity index (χ1) is 10.3. The molecule has 1 fully saturated rings. The Labute approximate surface area is 138 Å². The van der Waals surface area contributed by atoms with Gasteiger partial charge in [-0.1, -0.05) is 32.4 Å². The van der Waals surface area contributed by atoms with Crippen molar-refractivity contribution in [1.82, 2.24) is 9.88 Å². The second-order valence-corrected chi connectivity index (χ2v) is 7.64. The van der Waals surface area contributed by atoms with E-state index in [9.17, 15) is 4.79 Å². The summed E-state index contributed by atoms with van der Waals surface area (Å²) >= 11 is 5.88. The van der Waals surface area contributed by atoms with E-state index in [0.29, 0.717) is 10.9 Å². The zero-order chi connectivity index (χ0) is 16.3. The van der Waals surface area contributed by atoms with Gasteiger partial charge in [-0.15, -0.1) is 0 Å². The van der Waals surface area contributed by atoms with E-state index in [2.05, 4.69) is 9.88 Å². The zero-order valence-electron chi connectivity index (χ0n) is 14.0. The van der Waals surface area contributed by atoms with Crippen LogP contribution in [0.5, 0.6) is 0 Å². The lowest BCUT2D eigenvalue weighted by atomic mass is 9.92. The first-order valence-electron chi connectivity index (χ1n) is 7.89. The maximum atomic E-state index is 12.2. The van der Waals surface area contributed by atoms with Crippen LogP contribution in [-0.4, -0.2) is 42.5 Å². The van der Waals surface area contributed by atoms with Crippen molar-refractivity contribution in [2.45, 2.75) is 33.6 Å². The van der Waals surface area contributed by atoms with Gasteiger partial charge in [0.15, 0.2) is 0 Å². The molecule has 0 aromatic carbocycles. The fourth-order valence-electron chi connectivity index (χ4n) is 2.94. The van der Waals surface area contributed by atoms with Gasteiger partial charge in [0, 0.05) is 38.3 Å². The number of nitrogens with zero attached hydrogens (tertiary/aromatic N) is 3. The van der Waals surface area contributed by atoms with Crippen molar-refractivity contribution >= 4 is 23.3 Å². The van der Waals surface area contributed by atoms with E-state index < -0.39 is 0 Å². The summed E-state index contributed by atoms with van der Waals surface area (Å²) in [6.45, 7) is 8.73. The van der Waals surface area contributed by atoms with Crippen LogP contribution in [0.4, 0.5) is 5.82 Å². The lowest BCUT2D eigenvalue weighted by Gasteiger charge is -2.35. The van der Waals surface area contributed by atoms with Crippen LogP contribution < -0.4 is 4.90 Å². The highest BCUT2D eigenvalue weighted by molar-refractivity contribution is 6.30. The summed E-state index contributed by atoms with van der Waals surface area (Å²) < 4.78 is 0. The van der Waals surface area contributed by atoms with Crippen LogP contribution in [0, 0.1) is 11.3 Å². The second-order valence-electron chi connectivity index (χ2n) is 7.20. The van der Waals surface area contributed by atoms with E-state index in [-0.39, 0.29) is 11.3 Å². The minimum Gasteiger partial charge on any atom is -0.357 e. The molecule has 2 rings (SSSR count). The Bertz CT molecular complexity index is 502. The standard InChI is InChI=1S/C17H26ClN3O/c1-17(2,3)16(22)20(4)12-13-7-9-21(10-8-13)15-6-5-14(18)11-19-15/h5-6,11,13H,7-10,12H2,1-4H3. The quantitative estimate of drug-likeness (QED) is 0.854. The molecule has 122 valence electrons. The number of anilines is 1. The van der Waals surface area contributed by atoms with Crippen LogP contribution >= 0.6 is 11.6 Å². The number of amides is 1. The number of hydrogen-bond donors (Lipinski definition) is 0. The van der Waals surface area contributed by atoms with Gasteiger partial charge in [0.25, 0.3) is 0 Å². The van der Waals surface area contributed by atoms with Crippen molar-refractivity contribution in [1.29, 1.82) is 0 Å². The third-order valence-corrected chi connectivity index (χ3v) is 4.39. The summed E-state index contributed by atoms with van der Waals surface area (Å²) in [5.41, 5.74) is -0.303. The van der Waals surface area contributed by atoms with Gasteiger partial charge >= 0.3 is 0 Å². The number of carbonyl (C=O) groups excluding carboxylic acids is 1. The number of carbonyl (C=O) groups is 1. The monoisotopic (exact) mass is 323 g/mol. The van der Waals surface area contributed by atoms with E-state index >= 15 is 0 Å². The molecule has 22 heavy (non-hydrogen) atoms. The topological polar surface area (TPSA) is 36.4 Å². The molecule has 0 atom stereocenters. The summed E-state index contributed by atoms with van der Waals surface area (Å²) in [7, 11) is 1.92. The first kappa shape index (κ1) is 17.1. The third kappa shape index (κ3) is 4.35. The molecule has 0 aliphatic carbocycles. The highest BCUT2D eigenvalue weighted by Crippen LogP contribution is 2.24. The number of hydrogen-bond acceptors (Lipinski definition) is 3. The van der Waals surface area contributed by atoms with Gasteiger partial charge in [-0.2, -0.15) is 0 Å². The molecule has 5 heteroatoms. The van der Waals surface area contributed by atoms with Crippen LogP contribution in [0.3, 0.4) is 0 Å². The molecule has 1 amide bonds. The Hall–Kier alpha value is -1.29. The van der Waals surface area contributed by atoms with Crippen molar-refractivity contribution in [2.24, 2.45) is 11.3 Å². The summed E-state index contributed by atoms with van der Waals surface area (Å²) in [6, 6.07) is 3.85. The minimum atomic E-state index is -0.303. The van der Waals surface area contributed by atoms with Crippen LogP contribution in [-0.2, 0) is 4.79 Å². The normalized spacial score (nSPS) is 16.7. The van der Waals surface area contributed by atoms with E-state index in [1.165, 1.54) is 0 Å². The average molecular weight is 324 g/mol. The Morgan fingerprint density at radius 2 is 2.00 bits per heavy atom. The lowest BCUT2D eigenvalue weighted by molar-refractivity contribution is -0.138. The van der Waals surface area contributed by atoms with Gasteiger partial charge in [-0.25, -0.2) is 4.98 Å². The molecule has 2 heterocycles. The van der Waals surface area contributed by atoms with Gasteiger partial charge in [-0.05, 0) is 30.9 Å². The molecule has 4 nitrogen and oxygen atoms in total. The molecule has 1 aromatic heterocycles. The third-order valence-electron chi connectivity index (χ3n) is 4.17. The van der Waals surface area contributed by atoms with Crippen LogP contribution in [0.2, 0.25) is 5.02 Å². The molecule has 1 saturated heterocycles. The number of aromatic nitrogens is 1. The molecular formula is C17H26ClN3O. The second kappa shape index (κ2) is 6.86. The van der Waals surface area contributed by atoms with Gasteiger partial charge in [0.1, 0.15) is 5.82 Å². The molecule has 0 unspecified atom stereocenters. The summed E-state index contributed by atoms with van der Waals surface area (Å²) in [5, 5.41) is 0.668. The molecule has 1 aliphatic rings. The minimum absolute atomic E-state index is 0.217. The molecular weight excluding hydrogens is 298 g/mol. The van der Waals surface area contributed by atoms with E-state index in [1.807, 2.05) is 44.9 Å². The molecule has 0 radical (unpaired) electrons. The molecule has 1 aliphatic heterocycles. The summed E-state index contributed by atoms with van der Waals surface area (Å²) in [4.78, 5) is 20.8. The van der Waals surface area contributed by atoms with Crippen molar-refractivity contribution in [2.75, 3.05) is 31.6 Å². The number of piperidine rings is 1. The largest absolute Gasteiger partial charge is 0.357 e. The van der Waals surface area contributed by atoms with Crippen molar-refractivity contribution in [3.63, 3.8) is 0 Å². The van der Waals surface area contributed by atoms with Crippen molar-refractivity contribution in [3.8, 4) is 0 Å². The highest BCUT2D eigenvalue weighted by Gasteiger charge is 2.28. The fourth-order valence-corrected chi connectivity index (χ4v) is 3.05. The number of pyridine rings is 1. The first-order valence-corrected chi connectivity index (χ1v) is 8.27. The zero-order valence-corrected chi connectivity index (χ0v) is 14.7. The van der Waals surface area contributed by atoms with Crippen molar-refractivity contribution in [3.05, 3.63) is 23.4 Å². The molecule has 0 saturated carbocycles. The van der Waals surface area contributed by atoms with E-state index in [1.54, 1.807) is 6.20 Å². The van der Waals surface area contributed by atoms with Gasteiger partial charge in [0.2, 0.25) is 5.91 Å². The smallest absolute Gasteiger partial charge is 0.227 e. The summed E-state index contributed by atoms with van der Waals surface area (Å²) in [5.74, 6) is 1.77. The predicted molar refractivity (Wildman–Crippen MR) is 91.3 cm³/mol. The van der Waals surface area contributed by atoms with Crippen LogP contribution in [0.15, 0.2) is 18.3 Å². The van der Waals surface area contributed by atoms with Crippen LogP contribution in [0.25, 0.3) is 0 Å². The SMILES string of the molecule is CN(CC1CCN(c2ccc(Cl)cn2)CC1)C(=O)C(C)(C)C. The number of rotatable bonds is 3. The maximum Gasteiger partial charge on any atom is 0.227 e. The average Bonchev–Trinajstić information content (AvgIpc) is 2.47. The fraction of sp³-hybridized carbons (Fsp3) is 0.647. The van der Waals surface area contributed by atoms with Gasteiger partial charge in [-0.3, -0.25) is 4.79 Å². The Kier molecular flexibility index (Phi) is 5.32. The molecule has 0 N–H and O–H groups in total. The highest BCUT2D eigenvalue weighted by atomic mass is 35.5. The number of halogens is 1.